The lowest BCUT2D eigenvalue weighted by Crippen LogP contribution is -1.94. The molecule has 96 valence electrons. The highest BCUT2D eigenvalue weighted by Gasteiger charge is 2.10. The largest absolute Gasteiger partial charge is 0.399 e. The van der Waals surface area contributed by atoms with Crippen molar-refractivity contribution in [3.8, 4) is 0 Å². The second-order valence-corrected chi connectivity index (χ2v) is 5.18. The lowest BCUT2D eigenvalue weighted by molar-refractivity contribution is 0.541. The second kappa shape index (κ2) is 7.54. The van der Waals surface area contributed by atoms with Crippen LogP contribution in [0.2, 0.25) is 0 Å². The van der Waals surface area contributed by atoms with Gasteiger partial charge in [0.15, 0.2) is 0 Å². The summed E-state index contributed by atoms with van der Waals surface area (Å²) < 4.78 is 26.8. The molecule has 0 aromatic heterocycles. The van der Waals surface area contributed by atoms with Gasteiger partial charge in [-0.05, 0) is 24.3 Å². The maximum absolute atomic E-state index is 13.4. The zero-order chi connectivity index (χ0) is 12.7. The van der Waals surface area contributed by atoms with Gasteiger partial charge in [-0.2, -0.15) is 0 Å². The van der Waals surface area contributed by atoms with Gasteiger partial charge in [0.25, 0.3) is 0 Å². The zero-order valence-electron chi connectivity index (χ0n) is 10.1. The Hall–Kier alpha value is -0.770. The highest BCUT2D eigenvalue weighted by atomic mass is 32.2. The van der Waals surface area contributed by atoms with Crippen LogP contribution >= 0.6 is 11.8 Å². The average molecular weight is 259 g/mol. The van der Waals surface area contributed by atoms with Crippen molar-refractivity contribution in [1.29, 1.82) is 0 Å². The molecular weight excluding hydrogens is 240 g/mol. The van der Waals surface area contributed by atoms with Crippen LogP contribution in [0.5, 0.6) is 0 Å². The third kappa shape index (κ3) is 4.94. The molecule has 1 aromatic rings. The number of unbranched alkanes of at least 4 members (excludes halogenated alkanes) is 4. The molecule has 2 N–H and O–H groups in total. The summed E-state index contributed by atoms with van der Waals surface area (Å²) in [6.07, 6.45) is 5.75. The van der Waals surface area contributed by atoms with Crippen molar-refractivity contribution >= 4 is 17.4 Å². The number of thioether (sulfide) groups is 1. The second-order valence-electron chi connectivity index (χ2n) is 4.08. The monoisotopic (exact) mass is 259 g/mol. The minimum absolute atomic E-state index is 0.0923. The highest BCUT2D eigenvalue weighted by Crippen LogP contribution is 2.28. The topological polar surface area (TPSA) is 26.0 Å². The normalized spacial score (nSPS) is 10.8. The van der Waals surface area contributed by atoms with E-state index in [-0.39, 0.29) is 10.6 Å². The minimum Gasteiger partial charge on any atom is -0.399 e. The number of hydrogen-bond donors (Lipinski definition) is 1. The number of nitrogen functional groups attached to an aromatic ring is 1. The van der Waals surface area contributed by atoms with Crippen molar-refractivity contribution in [2.24, 2.45) is 0 Å². The molecule has 1 rings (SSSR count). The van der Waals surface area contributed by atoms with Crippen molar-refractivity contribution in [2.45, 2.75) is 43.9 Å². The number of benzene rings is 1. The molecule has 0 atom stereocenters. The molecular formula is C13H19F2NS. The molecule has 0 spiro atoms. The Labute approximate surface area is 106 Å². The number of anilines is 1. The molecule has 0 aliphatic rings. The smallest absolute Gasteiger partial charge is 0.141 e. The summed E-state index contributed by atoms with van der Waals surface area (Å²) in [7, 11) is 0. The van der Waals surface area contributed by atoms with Gasteiger partial charge in [0, 0.05) is 5.69 Å². The molecule has 0 heterocycles. The Balaban J connectivity index is 2.36. The molecule has 0 aliphatic heterocycles. The predicted molar refractivity (Wildman–Crippen MR) is 70.3 cm³/mol. The summed E-state index contributed by atoms with van der Waals surface area (Å²) in [4.78, 5) is 0.0923. The zero-order valence-corrected chi connectivity index (χ0v) is 11.0. The molecule has 0 bridgehead atoms. The van der Waals surface area contributed by atoms with Crippen LogP contribution in [0.4, 0.5) is 14.5 Å². The lowest BCUT2D eigenvalue weighted by Gasteiger charge is -2.05. The van der Waals surface area contributed by atoms with Crippen molar-refractivity contribution in [3.05, 3.63) is 23.8 Å². The SMILES string of the molecule is CCCCCCCSc1c(F)cc(N)cc1F. The number of rotatable bonds is 7. The highest BCUT2D eigenvalue weighted by molar-refractivity contribution is 7.99. The van der Waals surface area contributed by atoms with Crippen LogP contribution in [0, 0.1) is 11.6 Å². The molecule has 1 aromatic carbocycles. The lowest BCUT2D eigenvalue weighted by atomic mass is 10.2. The fourth-order valence-electron chi connectivity index (χ4n) is 1.60. The van der Waals surface area contributed by atoms with Gasteiger partial charge in [-0.25, -0.2) is 8.78 Å². The quantitative estimate of drug-likeness (QED) is 0.439. The van der Waals surface area contributed by atoms with Crippen LogP contribution < -0.4 is 5.73 Å². The maximum Gasteiger partial charge on any atom is 0.141 e. The van der Waals surface area contributed by atoms with Crippen LogP contribution in [0.3, 0.4) is 0 Å². The first kappa shape index (κ1) is 14.3. The fourth-order valence-corrected chi connectivity index (χ4v) is 2.54. The third-order valence-electron chi connectivity index (χ3n) is 2.51. The van der Waals surface area contributed by atoms with E-state index in [1.165, 1.54) is 43.2 Å². The number of halogens is 2. The van der Waals surface area contributed by atoms with Crippen LogP contribution in [0.1, 0.15) is 39.0 Å². The van der Waals surface area contributed by atoms with E-state index < -0.39 is 11.6 Å². The van der Waals surface area contributed by atoms with E-state index in [2.05, 4.69) is 6.92 Å². The summed E-state index contributed by atoms with van der Waals surface area (Å²) in [6, 6.07) is 2.34. The average Bonchev–Trinajstić information content (AvgIpc) is 2.26. The van der Waals surface area contributed by atoms with E-state index in [0.29, 0.717) is 0 Å². The summed E-state index contributed by atoms with van der Waals surface area (Å²) in [6.45, 7) is 2.16. The van der Waals surface area contributed by atoms with E-state index in [1.807, 2.05) is 0 Å². The van der Waals surface area contributed by atoms with E-state index in [9.17, 15) is 8.78 Å². The Bertz CT molecular complexity index is 332. The first-order chi connectivity index (χ1) is 8.15. The molecule has 0 aliphatic carbocycles. The molecule has 0 radical (unpaired) electrons. The van der Waals surface area contributed by atoms with Gasteiger partial charge in [0.1, 0.15) is 11.6 Å². The Morgan fingerprint density at radius 1 is 1.06 bits per heavy atom. The fraction of sp³-hybridized carbons (Fsp3) is 0.538. The van der Waals surface area contributed by atoms with Crippen molar-refractivity contribution < 1.29 is 8.78 Å². The van der Waals surface area contributed by atoms with Crippen molar-refractivity contribution in [3.63, 3.8) is 0 Å². The van der Waals surface area contributed by atoms with Crippen molar-refractivity contribution in [2.75, 3.05) is 11.5 Å². The van der Waals surface area contributed by atoms with E-state index >= 15 is 0 Å². The first-order valence-electron chi connectivity index (χ1n) is 6.02. The number of nitrogens with two attached hydrogens (primary N) is 1. The van der Waals surface area contributed by atoms with Crippen LogP contribution in [-0.4, -0.2) is 5.75 Å². The summed E-state index contributed by atoms with van der Waals surface area (Å²) in [5, 5.41) is 0. The summed E-state index contributed by atoms with van der Waals surface area (Å²) >= 11 is 1.23. The molecule has 4 heteroatoms. The molecule has 0 saturated heterocycles. The Morgan fingerprint density at radius 3 is 2.24 bits per heavy atom. The molecule has 1 nitrogen and oxygen atoms in total. The van der Waals surface area contributed by atoms with Gasteiger partial charge in [-0.1, -0.05) is 32.6 Å². The molecule has 0 saturated carbocycles. The molecule has 0 fully saturated rings. The Morgan fingerprint density at radius 2 is 1.65 bits per heavy atom. The van der Waals surface area contributed by atoms with Crippen LogP contribution in [0.15, 0.2) is 17.0 Å². The maximum atomic E-state index is 13.4. The van der Waals surface area contributed by atoms with Gasteiger partial charge in [0.05, 0.1) is 4.90 Å². The number of hydrogen-bond acceptors (Lipinski definition) is 2. The van der Waals surface area contributed by atoms with Crippen LogP contribution in [0.25, 0.3) is 0 Å². The van der Waals surface area contributed by atoms with E-state index in [1.54, 1.807) is 0 Å². The third-order valence-corrected chi connectivity index (χ3v) is 3.69. The van der Waals surface area contributed by atoms with Crippen LogP contribution in [-0.2, 0) is 0 Å². The minimum atomic E-state index is -0.555. The molecule has 0 unspecified atom stereocenters. The van der Waals surface area contributed by atoms with Gasteiger partial charge >= 0.3 is 0 Å². The van der Waals surface area contributed by atoms with Gasteiger partial charge in [-0.15, -0.1) is 11.8 Å². The van der Waals surface area contributed by atoms with E-state index in [4.69, 9.17) is 5.73 Å². The van der Waals surface area contributed by atoms with Gasteiger partial charge in [-0.3, -0.25) is 0 Å². The Kier molecular flexibility index (Phi) is 6.34. The van der Waals surface area contributed by atoms with Gasteiger partial charge < -0.3 is 5.73 Å². The predicted octanol–water partition coefficient (Wildman–Crippen LogP) is 4.61. The molecule has 17 heavy (non-hydrogen) atoms. The molecule has 0 amide bonds. The van der Waals surface area contributed by atoms with Gasteiger partial charge in [0.2, 0.25) is 0 Å². The first-order valence-corrected chi connectivity index (χ1v) is 7.01. The standard InChI is InChI=1S/C13H19F2NS/c1-2-3-4-5-6-7-17-13-11(14)8-10(16)9-12(13)15/h8-9H,2-7,16H2,1H3. The van der Waals surface area contributed by atoms with E-state index in [0.717, 1.165) is 18.6 Å². The van der Waals surface area contributed by atoms with Crippen molar-refractivity contribution in [1.82, 2.24) is 0 Å². The summed E-state index contributed by atoms with van der Waals surface area (Å²) in [5.74, 6) is -0.358. The summed E-state index contributed by atoms with van der Waals surface area (Å²) in [5.41, 5.74) is 5.48.